The molecule has 1 aromatic heterocycles. The van der Waals surface area contributed by atoms with Crippen LogP contribution in [-0.2, 0) is 0 Å². The monoisotopic (exact) mass is 191 g/mol. The van der Waals surface area contributed by atoms with E-state index in [2.05, 4.69) is 4.98 Å². The molecule has 1 aromatic rings. The Morgan fingerprint density at radius 2 is 1.91 bits per heavy atom. The third-order valence-electron chi connectivity index (χ3n) is 0.946. The Kier molecular flexibility index (Phi) is 9.60. The SMILES string of the molecule is CC.Cc1cccnc1Cl.S. The number of rotatable bonds is 0. The summed E-state index contributed by atoms with van der Waals surface area (Å²) in [5.41, 5.74) is 1.02. The highest BCUT2D eigenvalue weighted by atomic mass is 35.5. The summed E-state index contributed by atoms with van der Waals surface area (Å²) in [6.07, 6.45) is 1.68. The largest absolute Gasteiger partial charge is 0.244 e. The van der Waals surface area contributed by atoms with Gasteiger partial charge in [0.05, 0.1) is 0 Å². The molecule has 0 saturated heterocycles. The maximum atomic E-state index is 5.60. The highest BCUT2D eigenvalue weighted by Gasteiger charge is 1.88. The van der Waals surface area contributed by atoms with E-state index < -0.39 is 0 Å². The summed E-state index contributed by atoms with van der Waals surface area (Å²) < 4.78 is 0. The Hall–Kier alpha value is -0.210. The van der Waals surface area contributed by atoms with E-state index in [0.29, 0.717) is 5.15 Å². The van der Waals surface area contributed by atoms with Crippen LogP contribution in [0.1, 0.15) is 19.4 Å². The second-order valence-electron chi connectivity index (χ2n) is 1.61. The van der Waals surface area contributed by atoms with Gasteiger partial charge in [-0.05, 0) is 18.6 Å². The van der Waals surface area contributed by atoms with Gasteiger partial charge in [-0.1, -0.05) is 31.5 Å². The molecule has 0 fully saturated rings. The lowest BCUT2D eigenvalue weighted by Gasteiger charge is -1.89. The van der Waals surface area contributed by atoms with E-state index >= 15 is 0 Å². The topological polar surface area (TPSA) is 12.9 Å². The van der Waals surface area contributed by atoms with Gasteiger partial charge in [-0.2, -0.15) is 13.5 Å². The second kappa shape index (κ2) is 7.89. The van der Waals surface area contributed by atoms with Crippen LogP contribution in [-0.4, -0.2) is 4.98 Å². The molecule has 0 aliphatic heterocycles. The van der Waals surface area contributed by atoms with Crippen LogP contribution in [0.4, 0.5) is 0 Å². The first kappa shape index (κ1) is 13.4. The van der Waals surface area contributed by atoms with Crippen LogP contribution in [0.2, 0.25) is 5.15 Å². The minimum absolute atomic E-state index is 0. The smallest absolute Gasteiger partial charge is 0.131 e. The van der Waals surface area contributed by atoms with E-state index in [1.807, 2.05) is 32.9 Å². The van der Waals surface area contributed by atoms with Gasteiger partial charge < -0.3 is 0 Å². The summed E-state index contributed by atoms with van der Waals surface area (Å²) in [6, 6.07) is 3.79. The maximum absolute atomic E-state index is 5.60. The Labute approximate surface area is 80.2 Å². The molecule has 1 rings (SSSR count). The van der Waals surface area contributed by atoms with Gasteiger partial charge in [0, 0.05) is 6.20 Å². The molecule has 0 saturated carbocycles. The van der Waals surface area contributed by atoms with Crippen molar-refractivity contribution in [2.45, 2.75) is 20.8 Å². The van der Waals surface area contributed by atoms with Crippen molar-refractivity contribution in [2.75, 3.05) is 0 Å². The molecule has 0 unspecified atom stereocenters. The van der Waals surface area contributed by atoms with Gasteiger partial charge >= 0.3 is 0 Å². The van der Waals surface area contributed by atoms with Gasteiger partial charge in [-0.25, -0.2) is 4.98 Å². The molecule has 1 nitrogen and oxygen atoms in total. The zero-order chi connectivity index (χ0) is 7.98. The van der Waals surface area contributed by atoms with Gasteiger partial charge in [0.15, 0.2) is 0 Å². The lowest BCUT2D eigenvalue weighted by atomic mass is 10.3. The molecule has 0 aliphatic carbocycles. The Morgan fingerprint density at radius 3 is 2.18 bits per heavy atom. The van der Waals surface area contributed by atoms with E-state index in [1.165, 1.54) is 0 Å². The van der Waals surface area contributed by atoms with Crippen LogP contribution in [0.3, 0.4) is 0 Å². The third kappa shape index (κ3) is 5.10. The molecule has 64 valence electrons. The zero-order valence-electron chi connectivity index (χ0n) is 7.06. The van der Waals surface area contributed by atoms with Gasteiger partial charge in [0.25, 0.3) is 0 Å². The fourth-order valence-electron chi connectivity index (χ4n) is 0.466. The lowest BCUT2D eigenvalue weighted by Crippen LogP contribution is -1.75. The minimum atomic E-state index is 0. The average molecular weight is 192 g/mol. The fraction of sp³-hybridized carbons (Fsp3) is 0.375. The first-order chi connectivity index (χ1) is 4.80. The molecule has 0 aromatic carbocycles. The predicted octanol–water partition coefficient (Wildman–Crippen LogP) is 3.18. The van der Waals surface area contributed by atoms with Gasteiger partial charge in [0.2, 0.25) is 0 Å². The van der Waals surface area contributed by atoms with Crippen LogP contribution in [0.5, 0.6) is 0 Å². The lowest BCUT2D eigenvalue weighted by molar-refractivity contribution is 1.27. The molecule has 0 bridgehead atoms. The molecular weight excluding hydrogens is 178 g/mol. The molecular formula is C8H14ClNS. The summed E-state index contributed by atoms with van der Waals surface area (Å²) in [7, 11) is 0. The van der Waals surface area contributed by atoms with Crippen LogP contribution < -0.4 is 0 Å². The van der Waals surface area contributed by atoms with Crippen molar-refractivity contribution in [2.24, 2.45) is 0 Å². The number of hydrogen-bond acceptors (Lipinski definition) is 1. The first-order valence-electron chi connectivity index (χ1n) is 3.38. The molecule has 11 heavy (non-hydrogen) atoms. The van der Waals surface area contributed by atoms with E-state index in [1.54, 1.807) is 6.20 Å². The number of aryl methyl sites for hydroxylation is 1. The molecule has 0 atom stereocenters. The highest BCUT2D eigenvalue weighted by molar-refractivity contribution is 7.59. The number of aromatic nitrogens is 1. The van der Waals surface area contributed by atoms with Crippen LogP contribution in [0.25, 0.3) is 0 Å². The average Bonchev–Trinajstić information content (AvgIpc) is 2.00. The molecule has 0 spiro atoms. The van der Waals surface area contributed by atoms with E-state index in [-0.39, 0.29) is 13.5 Å². The number of halogens is 1. The van der Waals surface area contributed by atoms with Crippen molar-refractivity contribution in [1.82, 2.24) is 4.98 Å². The third-order valence-corrected chi connectivity index (χ3v) is 1.34. The Bertz CT molecular complexity index is 170. The standard InChI is InChI=1S/C6H6ClN.C2H6.H2S/c1-5-3-2-4-8-6(5)7;1-2;/h2-4H,1H3;1-2H3;1H2. The Balaban J connectivity index is 0. The normalized spacial score (nSPS) is 7.27. The van der Waals surface area contributed by atoms with Crippen molar-refractivity contribution < 1.29 is 0 Å². The molecule has 0 aliphatic rings. The second-order valence-corrected chi connectivity index (χ2v) is 1.97. The molecule has 1 heterocycles. The summed E-state index contributed by atoms with van der Waals surface area (Å²) >= 11 is 5.60. The first-order valence-corrected chi connectivity index (χ1v) is 3.75. The van der Waals surface area contributed by atoms with E-state index in [4.69, 9.17) is 11.6 Å². The van der Waals surface area contributed by atoms with Crippen LogP contribution in [0, 0.1) is 6.92 Å². The summed E-state index contributed by atoms with van der Waals surface area (Å²) in [6.45, 7) is 5.93. The summed E-state index contributed by atoms with van der Waals surface area (Å²) in [5, 5.41) is 0.590. The van der Waals surface area contributed by atoms with Gasteiger partial charge in [0.1, 0.15) is 5.15 Å². The molecule has 0 amide bonds. The van der Waals surface area contributed by atoms with Gasteiger partial charge in [-0.15, -0.1) is 0 Å². The van der Waals surface area contributed by atoms with Crippen molar-refractivity contribution >= 4 is 25.1 Å². The zero-order valence-corrected chi connectivity index (χ0v) is 8.81. The highest BCUT2D eigenvalue weighted by Crippen LogP contribution is 2.07. The van der Waals surface area contributed by atoms with Crippen molar-refractivity contribution in [3.8, 4) is 0 Å². The molecule has 0 radical (unpaired) electrons. The van der Waals surface area contributed by atoms with E-state index in [9.17, 15) is 0 Å². The summed E-state index contributed by atoms with van der Waals surface area (Å²) in [4.78, 5) is 3.84. The van der Waals surface area contributed by atoms with Crippen molar-refractivity contribution in [3.63, 3.8) is 0 Å². The van der Waals surface area contributed by atoms with Gasteiger partial charge in [-0.3, -0.25) is 0 Å². The number of nitrogens with zero attached hydrogens (tertiary/aromatic N) is 1. The van der Waals surface area contributed by atoms with Crippen LogP contribution >= 0.6 is 25.1 Å². The number of hydrogen-bond donors (Lipinski definition) is 0. The van der Waals surface area contributed by atoms with Crippen molar-refractivity contribution in [1.29, 1.82) is 0 Å². The molecule has 0 N–H and O–H groups in total. The van der Waals surface area contributed by atoms with Crippen molar-refractivity contribution in [3.05, 3.63) is 29.0 Å². The maximum Gasteiger partial charge on any atom is 0.131 e. The van der Waals surface area contributed by atoms with E-state index in [0.717, 1.165) is 5.56 Å². The minimum Gasteiger partial charge on any atom is -0.244 e. The fourth-order valence-corrected chi connectivity index (χ4v) is 0.586. The Morgan fingerprint density at radius 1 is 1.36 bits per heavy atom. The van der Waals surface area contributed by atoms with Crippen LogP contribution in [0.15, 0.2) is 18.3 Å². The summed E-state index contributed by atoms with van der Waals surface area (Å²) in [5.74, 6) is 0. The molecule has 3 heteroatoms. The quantitative estimate of drug-likeness (QED) is 0.574. The predicted molar refractivity (Wildman–Crippen MR) is 55.7 cm³/mol. The number of pyridine rings is 1.